The Bertz CT molecular complexity index is 717. The number of nitrogens with one attached hydrogen (secondary N) is 2. The standard InChI is InChI=1S/C15H14N4O3/c1-15(13(21)18-14(22)19-15)12(20)10-4-2-9(3-5-10)11-8-16-6-7-17-11/h2-8,12,20H,1H3,(H2,18,19,21,22). The number of aromatic nitrogens is 2. The van der Waals surface area contributed by atoms with Crippen molar-refractivity contribution in [3.8, 4) is 11.3 Å². The number of carbonyl (C=O) groups is 2. The molecule has 22 heavy (non-hydrogen) atoms. The summed E-state index contributed by atoms with van der Waals surface area (Å²) in [5.41, 5.74) is 0.689. The average Bonchev–Trinajstić information content (AvgIpc) is 2.81. The van der Waals surface area contributed by atoms with E-state index in [4.69, 9.17) is 0 Å². The lowest BCUT2D eigenvalue weighted by molar-refractivity contribution is -0.127. The first-order valence-electron chi connectivity index (χ1n) is 6.69. The molecule has 3 rings (SSSR count). The summed E-state index contributed by atoms with van der Waals surface area (Å²) >= 11 is 0. The lowest BCUT2D eigenvalue weighted by Gasteiger charge is -2.27. The van der Waals surface area contributed by atoms with Crippen molar-refractivity contribution in [2.45, 2.75) is 18.6 Å². The van der Waals surface area contributed by atoms with Crippen LogP contribution in [0.25, 0.3) is 11.3 Å². The summed E-state index contributed by atoms with van der Waals surface area (Å²) in [5, 5.41) is 15.0. The predicted molar refractivity (Wildman–Crippen MR) is 77.5 cm³/mol. The van der Waals surface area contributed by atoms with Gasteiger partial charge in [-0.15, -0.1) is 0 Å². The highest BCUT2D eigenvalue weighted by molar-refractivity contribution is 6.07. The van der Waals surface area contributed by atoms with Crippen LogP contribution >= 0.6 is 0 Å². The lowest BCUT2D eigenvalue weighted by atomic mass is 9.89. The third-order valence-corrected chi connectivity index (χ3v) is 3.70. The molecule has 1 saturated heterocycles. The van der Waals surface area contributed by atoms with Crippen molar-refractivity contribution in [2.75, 3.05) is 0 Å². The average molecular weight is 298 g/mol. The number of rotatable bonds is 3. The van der Waals surface area contributed by atoms with E-state index in [2.05, 4.69) is 20.6 Å². The van der Waals surface area contributed by atoms with Gasteiger partial charge >= 0.3 is 6.03 Å². The molecular formula is C15H14N4O3. The van der Waals surface area contributed by atoms with Gasteiger partial charge in [0.2, 0.25) is 0 Å². The quantitative estimate of drug-likeness (QED) is 0.726. The monoisotopic (exact) mass is 298 g/mol. The van der Waals surface area contributed by atoms with Crippen LogP contribution in [0, 0.1) is 0 Å². The summed E-state index contributed by atoms with van der Waals surface area (Å²) in [6.07, 6.45) is 3.66. The van der Waals surface area contributed by atoms with E-state index in [-0.39, 0.29) is 0 Å². The number of imide groups is 1. The first-order valence-corrected chi connectivity index (χ1v) is 6.69. The predicted octanol–water partition coefficient (Wildman–Crippen LogP) is 0.775. The first kappa shape index (κ1) is 14.2. The molecule has 0 spiro atoms. The van der Waals surface area contributed by atoms with Crippen molar-refractivity contribution in [1.29, 1.82) is 0 Å². The molecule has 112 valence electrons. The molecule has 2 aromatic rings. The number of carbonyl (C=O) groups excluding carboxylic acids is 2. The number of aliphatic hydroxyl groups excluding tert-OH is 1. The molecular weight excluding hydrogens is 284 g/mol. The van der Waals surface area contributed by atoms with Crippen LogP contribution in [0.3, 0.4) is 0 Å². The molecule has 7 nitrogen and oxygen atoms in total. The molecule has 0 saturated carbocycles. The zero-order valence-corrected chi connectivity index (χ0v) is 11.8. The summed E-state index contributed by atoms with van der Waals surface area (Å²) in [7, 11) is 0. The number of benzene rings is 1. The van der Waals surface area contributed by atoms with Gasteiger partial charge in [-0.3, -0.25) is 20.1 Å². The Morgan fingerprint density at radius 3 is 2.45 bits per heavy atom. The smallest absolute Gasteiger partial charge is 0.322 e. The van der Waals surface area contributed by atoms with E-state index in [1.165, 1.54) is 6.92 Å². The van der Waals surface area contributed by atoms with Gasteiger partial charge in [-0.1, -0.05) is 24.3 Å². The van der Waals surface area contributed by atoms with E-state index in [0.717, 1.165) is 5.56 Å². The maximum absolute atomic E-state index is 11.8. The van der Waals surface area contributed by atoms with Gasteiger partial charge < -0.3 is 10.4 Å². The van der Waals surface area contributed by atoms with E-state index in [1.807, 2.05) is 0 Å². The van der Waals surface area contributed by atoms with Crippen molar-refractivity contribution in [2.24, 2.45) is 0 Å². The van der Waals surface area contributed by atoms with Crippen LogP contribution in [0.5, 0.6) is 0 Å². The van der Waals surface area contributed by atoms with Gasteiger partial charge in [-0.2, -0.15) is 0 Å². The summed E-state index contributed by atoms with van der Waals surface area (Å²) in [4.78, 5) is 31.3. The Morgan fingerprint density at radius 1 is 1.18 bits per heavy atom. The lowest BCUT2D eigenvalue weighted by Crippen LogP contribution is -2.49. The summed E-state index contributed by atoms with van der Waals surface area (Å²) in [5.74, 6) is -0.553. The van der Waals surface area contributed by atoms with Crippen LogP contribution in [0.4, 0.5) is 4.79 Å². The Morgan fingerprint density at radius 2 is 1.91 bits per heavy atom. The normalized spacial score (nSPS) is 22.1. The SMILES string of the molecule is CC1(C(O)c2ccc(-c3cnccn3)cc2)NC(=O)NC1=O. The van der Waals surface area contributed by atoms with Crippen molar-refractivity contribution in [3.05, 3.63) is 48.4 Å². The van der Waals surface area contributed by atoms with Crippen molar-refractivity contribution in [3.63, 3.8) is 0 Å². The molecule has 0 aliphatic carbocycles. The van der Waals surface area contributed by atoms with Crippen LogP contribution in [0.2, 0.25) is 0 Å². The van der Waals surface area contributed by atoms with Crippen LogP contribution < -0.4 is 10.6 Å². The van der Waals surface area contributed by atoms with E-state index in [1.54, 1.807) is 42.9 Å². The highest BCUT2D eigenvalue weighted by atomic mass is 16.3. The minimum absolute atomic E-state index is 0.521. The molecule has 0 radical (unpaired) electrons. The number of hydrogen-bond donors (Lipinski definition) is 3. The molecule has 1 aromatic carbocycles. The minimum Gasteiger partial charge on any atom is -0.385 e. The van der Waals surface area contributed by atoms with Crippen LogP contribution in [0.15, 0.2) is 42.9 Å². The van der Waals surface area contributed by atoms with Crippen LogP contribution in [-0.4, -0.2) is 32.6 Å². The van der Waals surface area contributed by atoms with Crippen molar-refractivity contribution < 1.29 is 14.7 Å². The number of nitrogens with zero attached hydrogens (tertiary/aromatic N) is 2. The Hall–Kier alpha value is -2.80. The zero-order chi connectivity index (χ0) is 15.7. The fraction of sp³-hybridized carbons (Fsp3) is 0.200. The van der Waals surface area contributed by atoms with Gasteiger partial charge in [0.05, 0.1) is 11.9 Å². The zero-order valence-electron chi connectivity index (χ0n) is 11.8. The molecule has 2 unspecified atom stereocenters. The van der Waals surface area contributed by atoms with Gasteiger partial charge in [0.1, 0.15) is 11.6 Å². The third-order valence-electron chi connectivity index (χ3n) is 3.70. The third kappa shape index (κ3) is 2.31. The van der Waals surface area contributed by atoms with Gasteiger partial charge in [-0.05, 0) is 12.5 Å². The second kappa shape index (κ2) is 5.19. The van der Waals surface area contributed by atoms with E-state index >= 15 is 0 Å². The van der Waals surface area contributed by atoms with Gasteiger partial charge in [-0.25, -0.2) is 4.79 Å². The topological polar surface area (TPSA) is 104 Å². The Labute approximate surface area is 126 Å². The Balaban J connectivity index is 1.87. The molecule has 3 amide bonds. The molecule has 1 aliphatic rings. The number of amides is 3. The maximum atomic E-state index is 11.8. The van der Waals surface area contributed by atoms with Gasteiger partial charge in [0.15, 0.2) is 0 Å². The fourth-order valence-electron chi connectivity index (χ4n) is 2.37. The maximum Gasteiger partial charge on any atom is 0.322 e. The molecule has 1 aromatic heterocycles. The highest BCUT2D eigenvalue weighted by Gasteiger charge is 2.48. The molecule has 0 bridgehead atoms. The fourth-order valence-corrected chi connectivity index (χ4v) is 2.37. The molecule has 2 atom stereocenters. The minimum atomic E-state index is -1.38. The largest absolute Gasteiger partial charge is 0.385 e. The number of aliphatic hydroxyl groups is 1. The van der Waals surface area contributed by atoms with Crippen LogP contribution in [0.1, 0.15) is 18.6 Å². The number of urea groups is 1. The molecule has 7 heteroatoms. The van der Waals surface area contributed by atoms with Crippen LogP contribution in [-0.2, 0) is 4.79 Å². The summed E-state index contributed by atoms with van der Waals surface area (Å²) in [6, 6.07) is 6.33. The first-order chi connectivity index (χ1) is 10.5. The molecule has 1 fully saturated rings. The van der Waals surface area contributed by atoms with E-state index < -0.39 is 23.6 Å². The molecule has 2 heterocycles. The van der Waals surface area contributed by atoms with E-state index in [9.17, 15) is 14.7 Å². The van der Waals surface area contributed by atoms with E-state index in [0.29, 0.717) is 11.3 Å². The van der Waals surface area contributed by atoms with Crippen molar-refractivity contribution >= 4 is 11.9 Å². The van der Waals surface area contributed by atoms with Gasteiger partial charge in [0.25, 0.3) is 5.91 Å². The summed E-state index contributed by atoms with van der Waals surface area (Å²) < 4.78 is 0. The second-order valence-electron chi connectivity index (χ2n) is 5.23. The highest BCUT2D eigenvalue weighted by Crippen LogP contribution is 2.29. The summed E-state index contributed by atoms with van der Waals surface area (Å²) in [6.45, 7) is 1.48. The number of hydrogen-bond acceptors (Lipinski definition) is 5. The van der Waals surface area contributed by atoms with Gasteiger partial charge in [0, 0.05) is 18.0 Å². The molecule has 1 aliphatic heterocycles. The van der Waals surface area contributed by atoms with Crippen molar-refractivity contribution in [1.82, 2.24) is 20.6 Å². The Kier molecular flexibility index (Phi) is 3.34. The second-order valence-corrected chi connectivity index (χ2v) is 5.23. The molecule has 3 N–H and O–H groups in total.